The number of nitrogens with two attached hydrogens (primary N) is 1. The van der Waals surface area contributed by atoms with Gasteiger partial charge in [-0.1, -0.05) is 19.9 Å². The quantitative estimate of drug-likeness (QED) is 0.252. The summed E-state index contributed by atoms with van der Waals surface area (Å²) in [4.78, 5) is 69.7. The number of fused-ring (bicyclic) bond motifs is 3. The van der Waals surface area contributed by atoms with Crippen LogP contribution >= 0.6 is 24.8 Å². The number of hydrogen-bond donors (Lipinski definition) is 1. The van der Waals surface area contributed by atoms with Gasteiger partial charge in [-0.15, -0.1) is 24.8 Å². The lowest BCUT2D eigenvalue weighted by molar-refractivity contribution is -0.155. The molecule has 4 amide bonds. The van der Waals surface area contributed by atoms with Crippen LogP contribution in [0.1, 0.15) is 26.3 Å². The summed E-state index contributed by atoms with van der Waals surface area (Å²) in [6, 6.07) is 7.88. The van der Waals surface area contributed by atoms with Gasteiger partial charge in [-0.3, -0.25) is 19.4 Å². The molecule has 2 saturated heterocycles. The number of amides is 4. The molecule has 3 atom stereocenters. The van der Waals surface area contributed by atoms with Crippen molar-refractivity contribution in [3.63, 3.8) is 0 Å². The molecule has 14 nitrogen and oxygen atoms in total. The van der Waals surface area contributed by atoms with Crippen molar-refractivity contribution in [3.8, 4) is 11.1 Å². The zero-order chi connectivity index (χ0) is 30.1. The number of pyridine rings is 1. The van der Waals surface area contributed by atoms with Crippen LogP contribution in [-0.4, -0.2) is 84.7 Å². The van der Waals surface area contributed by atoms with E-state index in [2.05, 4.69) is 4.98 Å². The molecule has 3 aliphatic heterocycles. The minimum atomic E-state index is -1.04. The molecule has 1 aromatic carbocycles. The van der Waals surface area contributed by atoms with E-state index >= 15 is 0 Å². The average molecular weight is 655 g/mol. The van der Waals surface area contributed by atoms with E-state index < -0.39 is 55.1 Å². The number of nitrogens with zero attached hydrogens (tertiary/aromatic N) is 4. The fraction of sp³-hybridized carbons (Fsp3) is 0.429. The molecule has 44 heavy (non-hydrogen) atoms. The monoisotopic (exact) mass is 653 g/mol. The molecular formula is C28H33Cl2N5O9. The number of cyclic esters (lactones) is 2. The molecule has 0 aliphatic carbocycles. The number of aromatic nitrogens is 1. The summed E-state index contributed by atoms with van der Waals surface area (Å²) >= 11 is 0. The Kier molecular flexibility index (Phi) is 11.0. The van der Waals surface area contributed by atoms with Crippen molar-refractivity contribution in [2.75, 3.05) is 36.3 Å². The van der Waals surface area contributed by atoms with Gasteiger partial charge < -0.3 is 24.7 Å². The SMILES string of the molecule is CC(=O)N(C[C@@H]1OC(=O)N2c3ccc(-c4ccc(N5CCOC5=O)nc4)cc3C[C@@H]12)C(=O)OCOC(=O)[C@H](N)C(C)C.Cl.Cl. The van der Waals surface area contributed by atoms with E-state index in [1.165, 1.54) is 16.7 Å². The number of halogens is 2. The van der Waals surface area contributed by atoms with Crippen LogP contribution in [-0.2, 0) is 35.0 Å². The van der Waals surface area contributed by atoms with Crippen LogP contribution in [0.2, 0.25) is 0 Å². The van der Waals surface area contributed by atoms with Crippen LogP contribution in [0.3, 0.4) is 0 Å². The fourth-order valence-electron chi connectivity index (χ4n) is 5.03. The third kappa shape index (κ3) is 6.82. The van der Waals surface area contributed by atoms with Gasteiger partial charge in [-0.25, -0.2) is 24.3 Å². The second-order valence-electron chi connectivity index (χ2n) is 10.5. The minimum Gasteiger partial charge on any atom is -0.447 e. The third-order valence-corrected chi connectivity index (χ3v) is 7.43. The number of imide groups is 1. The predicted molar refractivity (Wildman–Crippen MR) is 161 cm³/mol. The van der Waals surface area contributed by atoms with Gasteiger partial charge in [0.2, 0.25) is 12.7 Å². The van der Waals surface area contributed by atoms with Crippen molar-refractivity contribution in [2.45, 2.75) is 45.4 Å². The fourth-order valence-corrected chi connectivity index (χ4v) is 5.03. The summed E-state index contributed by atoms with van der Waals surface area (Å²) < 4.78 is 20.3. The first kappa shape index (κ1) is 34.4. The summed E-state index contributed by atoms with van der Waals surface area (Å²) in [6.07, 6.45) is -0.785. The highest BCUT2D eigenvalue weighted by Crippen LogP contribution is 2.41. The van der Waals surface area contributed by atoms with Gasteiger partial charge in [0, 0.05) is 18.7 Å². The van der Waals surface area contributed by atoms with Crippen LogP contribution in [0, 0.1) is 5.92 Å². The van der Waals surface area contributed by atoms with E-state index in [9.17, 15) is 24.0 Å². The van der Waals surface area contributed by atoms with Gasteiger partial charge in [0.25, 0.3) is 0 Å². The van der Waals surface area contributed by atoms with Crippen molar-refractivity contribution in [2.24, 2.45) is 11.7 Å². The molecule has 0 radical (unpaired) electrons. The number of anilines is 2. The van der Waals surface area contributed by atoms with E-state index in [0.29, 0.717) is 31.1 Å². The lowest BCUT2D eigenvalue weighted by Crippen LogP contribution is -2.46. The number of carbonyl (C=O) groups is 5. The Morgan fingerprint density at radius 2 is 1.82 bits per heavy atom. The Bertz CT molecular complexity index is 1420. The molecule has 16 heteroatoms. The number of benzene rings is 1. The van der Waals surface area contributed by atoms with Crippen LogP contribution in [0.25, 0.3) is 11.1 Å². The molecule has 5 rings (SSSR count). The molecule has 0 unspecified atom stereocenters. The first-order valence-corrected chi connectivity index (χ1v) is 13.5. The second-order valence-corrected chi connectivity index (χ2v) is 10.5. The van der Waals surface area contributed by atoms with Gasteiger partial charge in [0.1, 0.15) is 24.6 Å². The Morgan fingerprint density at radius 3 is 2.43 bits per heavy atom. The lowest BCUT2D eigenvalue weighted by Gasteiger charge is -2.24. The van der Waals surface area contributed by atoms with E-state index in [0.717, 1.165) is 21.6 Å². The average Bonchev–Trinajstić information content (AvgIpc) is 3.65. The minimum absolute atomic E-state index is 0. The van der Waals surface area contributed by atoms with Crippen molar-refractivity contribution >= 4 is 66.5 Å². The van der Waals surface area contributed by atoms with Gasteiger partial charge >= 0.3 is 24.2 Å². The molecule has 2 fully saturated rings. The molecule has 2 N–H and O–H groups in total. The first-order chi connectivity index (χ1) is 20.0. The van der Waals surface area contributed by atoms with E-state index in [4.69, 9.17) is 24.7 Å². The summed E-state index contributed by atoms with van der Waals surface area (Å²) in [7, 11) is 0. The Hall–Kier alpha value is -4.14. The van der Waals surface area contributed by atoms with E-state index in [1.807, 2.05) is 24.3 Å². The molecule has 4 heterocycles. The van der Waals surface area contributed by atoms with Gasteiger partial charge in [0.05, 0.1) is 24.8 Å². The highest BCUT2D eigenvalue weighted by Gasteiger charge is 2.49. The summed E-state index contributed by atoms with van der Waals surface area (Å²) in [5.74, 6) is -1.04. The molecule has 0 saturated carbocycles. The molecule has 1 aromatic heterocycles. The summed E-state index contributed by atoms with van der Waals surface area (Å²) in [6.45, 7) is 4.47. The summed E-state index contributed by atoms with van der Waals surface area (Å²) in [5, 5.41) is 0. The van der Waals surface area contributed by atoms with Crippen LogP contribution < -0.4 is 15.5 Å². The van der Waals surface area contributed by atoms with Gasteiger partial charge in [0.15, 0.2) is 0 Å². The van der Waals surface area contributed by atoms with Crippen LogP contribution in [0.5, 0.6) is 0 Å². The number of esters is 1. The van der Waals surface area contributed by atoms with E-state index in [-0.39, 0.29) is 37.3 Å². The Balaban J connectivity index is 0.00000264. The van der Waals surface area contributed by atoms with Crippen LogP contribution in [0.15, 0.2) is 36.5 Å². The standard InChI is InChI=1S/C28H31N5O9.2ClH/c1-15(2)24(29)25(35)40-14-41-27(37)32(16(3)34)13-22-21-11-19-10-17(4-6-20(19)33(21)28(38)42-22)18-5-7-23(30-12-18)31-8-9-39-26(31)36;;/h4-7,10,12,15,21-22,24H,8-9,11,13-14,29H2,1-3H3;2*1H/t21-,22-,24+;;/m0../s1. The summed E-state index contributed by atoms with van der Waals surface area (Å²) in [5.41, 5.74) is 8.96. The molecule has 0 spiro atoms. The molecule has 2 aromatic rings. The predicted octanol–water partition coefficient (Wildman–Crippen LogP) is 3.27. The van der Waals surface area contributed by atoms with Crippen molar-refractivity contribution < 1.29 is 42.9 Å². The van der Waals surface area contributed by atoms with Crippen molar-refractivity contribution in [1.29, 1.82) is 0 Å². The van der Waals surface area contributed by atoms with Crippen molar-refractivity contribution in [3.05, 3.63) is 42.1 Å². The number of rotatable bonds is 8. The maximum Gasteiger partial charge on any atom is 0.419 e. The molecule has 0 bridgehead atoms. The highest BCUT2D eigenvalue weighted by atomic mass is 35.5. The zero-order valence-corrected chi connectivity index (χ0v) is 25.8. The largest absolute Gasteiger partial charge is 0.447 e. The van der Waals surface area contributed by atoms with Crippen LogP contribution in [0.4, 0.5) is 25.9 Å². The number of hydrogen-bond acceptors (Lipinski definition) is 11. The number of carbonyl (C=O) groups excluding carboxylic acids is 5. The van der Waals surface area contributed by atoms with Gasteiger partial charge in [-0.2, -0.15) is 0 Å². The second kappa shape index (κ2) is 14.1. The number of ether oxygens (including phenoxy) is 4. The molecule has 3 aliphatic rings. The van der Waals surface area contributed by atoms with Crippen molar-refractivity contribution in [1.82, 2.24) is 9.88 Å². The maximum atomic E-state index is 12.8. The zero-order valence-electron chi connectivity index (χ0n) is 24.2. The van der Waals surface area contributed by atoms with Gasteiger partial charge in [-0.05, 0) is 47.7 Å². The maximum absolute atomic E-state index is 12.8. The molecular weight excluding hydrogens is 621 g/mol. The smallest absolute Gasteiger partial charge is 0.419 e. The Labute approximate surface area is 265 Å². The third-order valence-electron chi connectivity index (χ3n) is 7.43. The Morgan fingerprint density at radius 1 is 1.09 bits per heavy atom. The topological polar surface area (TPSA) is 171 Å². The molecule has 238 valence electrons. The van der Waals surface area contributed by atoms with E-state index in [1.54, 1.807) is 26.1 Å². The normalized spacial score (nSPS) is 18.8. The highest BCUT2D eigenvalue weighted by molar-refractivity contribution is 5.95. The lowest BCUT2D eigenvalue weighted by atomic mass is 10.0. The first-order valence-electron chi connectivity index (χ1n) is 13.5.